The topological polar surface area (TPSA) is 0 Å². The summed E-state index contributed by atoms with van der Waals surface area (Å²) in [4.78, 5) is 1.14. The third kappa shape index (κ3) is 13.6. The van der Waals surface area contributed by atoms with Crippen molar-refractivity contribution in [3.8, 4) is 0 Å². The largest absolute Gasteiger partial charge is 0.184 e. The minimum atomic E-state index is 0.554. The van der Waals surface area contributed by atoms with Crippen molar-refractivity contribution < 1.29 is 0 Å². The van der Waals surface area contributed by atoms with Crippen molar-refractivity contribution in [3.63, 3.8) is 0 Å². The van der Waals surface area contributed by atoms with Gasteiger partial charge in [-0.3, -0.25) is 0 Å². The lowest BCUT2D eigenvalue weighted by Gasteiger charge is -2.17. The Hall–Kier alpha value is -1.67. The zero-order valence-corrected chi connectivity index (χ0v) is 23.4. The first-order valence-corrected chi connectivity index (χ1v) is 13.2. The van der Waals surface area contributed by atoms with Crippen LogP contribution in [0.25, 0.3) is 0 Å². The highest BCUT2D eigenvalue weighted by Crippen LogP contribution is 2.27. The smallest absolute Gasteiger partial charge is 0.110 e. The molecular weight excluding hydrogens is 415 g/mol. The van der Waals surface area contributed by atoms with Crippen LogP contribution in [0.1, 0.15) is 104 Å². The summed E-state index contributed by atoms with van der Waals surface area (Å²) < 4.78 is 0. The maximum Gasteiger partial charge on any atom is 0.184 e. The van der Waals surface area contributed by atoms with E-state index in [1.807, 2.05) is 6.08 Å². The summed E-state index contributed by atoms with van der Waals surface area (Å²) >= 11 is 5.35. The van der Waals surface area contributed by atoms with Crippen LogP contribution in [0.2, 0.25) is 0 Å². The first kappa shape index (κ1) is 31.3. The lowest BCUT2D eigenvalue weighted by Crippen LogP contribution is -2.11. The van der Waals surface area contributed by atoms with Gasteiger partial charge in [-0.2, -0.15) is 0 Å². The third-order valence-corrected chi connectivity index (χ3v) is 6.41. The third-order valence-electron chi connectivity index (χ3n) is 6.08. The number of allylic oxidation sites excluding steroid dienone is 6. The summed E-state index contributed by atoms with van der Waals surface area (Å²) in [5, 5.41) is 0. The molecule has 0 aliphatic rings. The summed E-state index contributed by atoms with van der Waals surface area (Å²) in [6.07, 6.45) is 14.2. The molecule has 0 nitrogen and oxygen atoms in total. The van der Waals surface area contributed by atoms with E-state index in [1.54, 1.807) is 6.08 Å². The molecule has 1 rings (SSSR count). The van der Waals surface area contributed by atoms with Crippen LogP contribution >= 0.6 is 12.2 Å². The monoisotopic (exact) mass is 463 g/mol. The van der Waals surface area contributed by atoms with E-state index < -0.39 is 0 Å². The predicted molar refractivity (Wildman–Crippen MR) is 158 cm³/mol. The maximum atomic E-state index is 5.35. The van der Waals surface area contributed by atoms with Crippen molar-refractivity contribution in [1.82, 2.24) is 0 Å². The van der Waals surface area contributed by atoms with Crippen LogP contribution in [-0.4, -0.2) is 12.1 Å². The SMILES string of the molecule is C=C/C=C\C([B]C(=C)CC)=C(C)C.CCCC(CCC)c1ccc(CC(CC)C(C)=S)cc1. The zero-order chi connectivity index (χ0) is 25.2. The van der Waals surface area contributed by atoms with E-state index in [-0.39, 0.29) is 0 Å². The molecule has 0 amide bonds. The van der Waals surface area contributed by atoms with Gasteiger partial charge in [0.25, 0.3) is 0 Å². The molecule has 0 heterocycles. The molecule has 1 atom stereocenters. The van der Waals surface area contributed by atoms with Crippen LogP contribution in [0.5, 0.6) is 0 Å². The quantitative estimate of drug-likeness (QED) is 0.150. The molecule has 0 bridgehead atoms. The van der Waals surface area contributed by atoms with Crippen LogP contribution in [0.3, 0.4) is 0 Å². The molecule has 33 heavy (non-hydrogen) atoms. The zero-order valence-electron chi connectivity index (χ0n) is 22.5. The lowest BCUT2D eigenvalue weighted by molar-refractivity contribution is 0.560. The molecule has 0 saturated heterocycles. The van der Waals surface area contributed by atoms with Gasteiger partial charge in [-0.1, -0.05) is 113 Å². The molecule has 0 saturated carbocycles. The molecule has 0 aliphatic heterocycles. The fourth-order valence-electron chi connectivity index (χ4n) is 3.81. The van der Waals surface area contributed by atoms with E-state index >= 15 is 0 Å². The highest BCUT2D eigenvalue weighted by molar-refractivity contribution is 7.80. The van der Waals surface area contributed by atoms with Gasteiger partial charge in [0.2, 0.25) is 0 Å². The van der Waals surface area contributed by atoms with Gasteiger partial charge in [0.05, 0.1) is 0 Å². The maximum absolute atomic E-state index is 5.35. The Kier molecular flexibility index (Phi) is 17.8. The van der Waals surface area contributed by atoms with Gasteiger partial charge >= 0.3 is 0 Å². The average molecular weight is 464 g/mol. The lowest BCUT2D eigenvalue weighted by atomic mass is 9.61. The summed E-state index contributed by atoms with van der Waals surface area (Å²) in [5.41, 5.74) is 6.63. The molecule has 181 valence electrons. The van der Waals surface area contributed by atoms with Gasteiger partial charge in [-0.05, 0) is 80.7 Å². The van der Waals surface area contributed by atoms with E-state index in [9.17, 15) is 0 Å². The van der Waals surface area contributed by atoms with E-state index in [1.165, 1.54) is 47.9 Å². The Balaban J connectivity index is 0.000000684. The Morgan fingerprint density at radius 2 is 1.58 bits per heavy atom. The number of rotatable bonds is 14. The fraction of sp³-hybridized carbons (Fsp3) is 0.516. The molecule has 0 N–H and O–H groups in total. The number of thiocarbonyl (C=S) groups is 1. The first-order valence-electron chi connectivity index (χ1n) is 12.8. The molecule has 1 radical (unpaired) electrons. The highest BCUT2D eigenvalue weighted by atomic mass is 32.1. The molecule has 0 aliphatic carbocycles. The standard InChI is InChI=1S/C19H30S.C12H18B/c1-5-8-18(9-6-2)19-12-10-16(11-13-19)14-17(7-3)15(4)20;1-6-8-9-12(10(3)4)13-11(5)7-2/h10-13,17-18H,5-9,14H2,1-4H3;6,8-9H,1,5,7H2,2-4H3/b;9-8-. The van der Waals surface area contributed by atoms with E-state index in [4.69, 9.17) is 12.2 Å². The summed E-state index contributed by atoms with van der Waals surface area (Å²) in [6.45, 7) is 22.8. The molecule has 1 unspecified atom stereocenters. The minimum absolute atomic E-state index is 0.554. The second-order valence-electron chi connectivity index (χ2n) is 9.14. The van der Waals surface area contributed by atoms with E-state index in [0.29, 0.717) is 5.92 Å². The van der Waals surface area contributed by atoms with Crippen LogP contribution in [0.4, 0.5) is 0 Å². The van der Waals surface area contributed by atoms with Gasteiger partial charge in [-0.25, -0.2) is 0 Å². The molecule has 0 aromatic heterocycles. The molecule has 1 aromatic carbocycles. The van der Waals surface area contributed by atoms with Gasteiger partial charge in [-0.15, -0.1) is 12.1 Å². The normalized spacial score (nSPS) is 11.5. The van der Waals surface area contributed by atoms with Crippen molar-refractivity contribution in [3.05, 3.63) is 83.3 Å². The van der Waals surface area contributed by atoms with Crippen LogP contribution < -0.4 is 0 Å². The number of benzene rings is 1. The second-order valence-corrected chi connectivity index (χ2v) is 9.79. The average Bonchev–Trinajstić information content (AvgIpc) is 2.80. The van der Waals surface area contributed by atoms with E-state index in [2.05, 4.69) is 99.2 Å². The fourth-order valence-corrected chi connectivity index (χ4v) is 4.06. The summed E-state index contributed by atoms with van der Waals surface area (Å²) in [5.74, 6) is 1.30. The minimum Gasteiger partial charge on any atom is -0.110 e. The summed E-state index contributed by atoms with van der Waals surface area (Å²) in [6, 6.07) is 9.32. The molecular formula is C31H48BS. The van der Waals surface area contributed by atoms with Crippen molar-refractivity contribution in [2.24, 2.45) is 5.92 Å². The van der Waals surface area contributed by atoms with Crippen molar-refractivity contribution in [2.75, 3.05) is 0 Å². The van der Waals surface area contributed by atoms with Crippen molar-refractivity contribution in [2.45, 2.75) is 99.3 Å². The summed E-state index contributed by atoms with van der Waals surface area (Å²) in [7, 11) is 2.12. The number of hydrogen-bond acceptors (Lipinski definition) is 1. The Morgan fingerprint density at radius 1 is 1.00 bits per heavy atom. The second kappa shape index (κ2) is 18.7. The molecule has 1 aromatic rings. The molecule has 2 heteroatoms. The van der Waals surface area contributed by atoms with Crippen molar-refractivity contribution in [1.29, 1.82) is 0 Å². The van der Waals surface area contributed by atoms with Crippen LogP contribution in [0, 0.1) is 5.92 Å². The predicted octanol–water partition coefficient (Wildman–Crippen LogP) is 9.98. The van der Waals surface area contributed by atoms with E-state index in [0.717, 1.165) is 35.5 Å². The van der Waals surface area contributed by atoms with Gasteiger partial charge in [0.1, 0.15) is 0 Å². The van der Waals surface area contributed by atoms with Gasteiger partial charge in [0.15, 0.2) is 7.28 Å². The van der Waals surface area contributed by atoms with Crippen LogP contribution in [-0.2, 0) is 6.42 Å². The van der Waals surface area contributed by atoms with Gasteiger partial charge < -0.3 is 0 Å². The van der Waals surface area contributed by atoms with Gasteiger partial charge in [0, 0.05) is 0 Å². The Labute approximate surface area is 212 Å². The van der Waals surface area contributed by atoms with Crippen LogP contribution in [0.15, 0.2) is 72.2 Å². The molecule has 0 fully saturated rings. The van der Waals surface area contributed by atoms with Crippen molar-refractivity contribution >= 4 is 24.4 Å². The molecule has 0 spiro atoms. The Morgan fingerprint density at radius 3 is 1.97 bits per heavy atom. The highest BCUT2D eigenvalue weighted by Gasteiger charge is 2.12. The number of hydrogen-bond donors (Lipinski definition) is 0. The first-order chi connectivity index (χ1) is 15.7. The Bertz CT molecular complexity index is 757.